The van der Waals surface area contributed by atoms with E-state index in [0.717, 1.165) is 5.76 Å². The summed E-state index contributed by atoms with van der Waals surface area (Å²) in [4.78, 5) is 11.5. The summed E-state index contributed by atoms with van der Waals surface area (Å²) in [6.07, 6.45) is 1.63. The number of furan rings is 1. The van der Waals surface area contributed by atoms with E-state index in [1.54, 1.807) is 13.3 Å². The molecule has 0 aliphatic rings. The Hall–Kier alpha value is -1.29. The standard InChI is InChI=1S/C11H18N2O2/c1-8(2)10(11(14)12-3)13-7-9-5-4-6-15-9/h4-6,8,10,13H,7H2,1-3H3,(H,12,14). The van der Waals surface area contributed by atoms with E-state index < -0.39 is 0 Å². The normalized spacial score (nSPS) is 12.8. The highest BCUT2D eigenvalue weighted by Gasteiger charge is 2.20. The molecule has 0 aliphatic heterocycles. The van der Waals surface area contributed by atoms with E-state index in [-0.39, 0.29) is 17.9 Å². The van der Waals surface area contributed by atoms with Crippen molar-refractivity contribution in [3.05, 3.63) is 24.2 Å². The molecule has 1 aromatic heterocycles. The van der Waals surface area contributed by atoms with Gasteiger partial charge in [-0.25, -0.2) is 0 Å². The van der Waals surface area contributed by atoms with Gasteiger partial charge in [-0.2, -0.15) is 0 Å². The van der Waals surface area contributed by atoms with E-state index in [1.807, 2.05) is 26.0 Å². The number of hydrogen-bond acceptors (Lipinski definition) is 3. The lowest BCUT2D eigenvalue weighted by molar-refractivity contribution is -0.123. The van der Waals surface area contributed by atoms with Crippen LogP contribution in [0.2, 0.25) is 0 Å². The number of carbonyl (C=O) groups is 1. The predicted octanol–water partition coefficient (Wildman–Crippen LogP) is 1.14. The van der Waals surface area contributed by atoms with Crippen molar-refractivity contribution in [1.29, 1.82) is 0 Å². The Morgan fingerprint density at radius 2 is 2.27 bits per heavy atom. The lowest BCUT2D eigenvalue weighted by atomic mass is 10.0. The zero-order valence-electron chi connectivity index (χ0n) is 9.41. The van der Waals surface area contributed by atoms with Crippen molar-refractivity contribution in [2.24, 2.45) is 5.92 Å². The first-order valence-electron chi connectivity index (χ1n) is 5.12. The predicted molar refractivity (Wildman–Crippen MR) is 58.2 cm³/mol. The smallest absolute Gasteiger partial charge is 0.237 e. The molecule has 1 atom stereocenters. The largest absolute Gasteiger partial charge is 0.468 e. The third-order valence-electron chi connectivity index (χ3n) is 2.27. The van der Waals surface area contributed by atoms with E-state index in [2.05, 4.69) is 10.6 Å². The van der Waals surface area contributed by atoms with E-state index >= 15 is 0 Å². The fraction of sp³-hybridized carbons (Fsp3) is 0.545. The van der Waals surface area contributed by atoms with Crippen LogP contribution >= 0.6 is 0 Å². The topological polar surface area (TPSA) is 54.3 Å². The summed E-state index contributed by atoms with van der Waals surface area (Å²) in [7, 11) is 1.65. The molecule has 0 radical (unpaired) electrons. The average molecular weight is 210 g/mol. The highest BCUT2D eigenvalue weighted by Crippen LogP contribution is 2.05. The lowest BCUT2D eigenvalue weighted by Crippen LogP contribution is -2.45. The number of hydrogen-bond donors (Lipinski definition) is 2. The van der Waals surface area contributed by atoms with Crippen LogP contribution in [-0.2, 0) is 11.3 Å². The van der Waals surface area contributed by atoms with Gasteiger partial charge in [0.1, 0.15) is 5.76 Å². The fourth-order valence-electron chi connectivity index (χ4n) is 1.41. The van der Waals surface area contributed by atoms with Crippen LogP contribution < -0.4 is 10.6 Å². The van der Waals surface area contributed by atoms with Crippen molar-refractivity contribution < 1.29 is 9.21 Å². The summed E-state index contributed by atoms with van der Waals surface area (Å²) < 4.78 is 5.18. The minimum atomic E-state index is -0.180. The molecule has 84 valence electrons. The van der Waals surface area contributed by atoms with Crippen molar-refractivity contribution in [3.63, 3.8) is 0 Å². The summed E-state index contributed by atoms with van der Waals surface area (Å²) in [5.74, 6) is 1.10. The van der Waals surface area contributed by atoms with Gasteiger partial charge in [0, 0.05) is 7.05 Å². The number of carbonyl (C=O) groups excluding carboxylic acids is 1. The second-order valence-electron chi connectivity index (χ2n) is 3.80. The van der Waals surface area contributed by atoms with Crippen LogP contribution in [0.25, 0.3) is 0 Å². The number of nitrogens with one attached hydrogen (secondary N) is 2. The minimum absolute atomic E-state index is 0.0107. The zero-order valence-corrected chi connectivity index (χ0v) is 9.41. The van der Waals surface area contributed by atoms with Crippen molar-refractivity contribution in [1.82, 2.24) is 10.6 Å². The molecule has 1 aromatic rings. The Morgan fingerprint density at radius 1 is 1.53 bits per heavy atom. The first-order chi connectivity index (χ1) is 7.15. The van der Waals surface area contributed by atoms with Crippen LogP contribution in [0.4, 0.5) is 0 Å². The molecule has 1 heterocycles. The van der Waals surface area contributed by atoms with Crippen molar-refractivity contribution in [3.8, 4) is 0 Å². The lowest BCUT2D eigenvalue weighted by Gasteiger charge is -2.19. The number of rotatable bonds is 5. The molecule has 0 spiro atoms. The molecule has 2 N–H and O–H groups in total. The van der Waals surface area contributed by atoms with Gasteiger partial charge in [0.05, 0.1) is 18.8 Å². The highest BCUT2D eigenvalue weighted by molar-refractivity contribution is 5.81. The van der Waals surface area contributed by atoms with Crippen LogP contribution in [0.15, 0.2) is 22.8 Å². The van der Waals surface area contributed by atoms with Crippen LogP contribution in [0, 0.1) is 5.92 Å². The van der Waals surface area contributed by atoms with E-state index in [1.165, 1.54) is 0 Å². The Labute approximate surface area is 90.0 Å². The van der Waals surface area contributed by atoms with Gasteiger partial charge in [0.25, 0.3) is 0 Å². The van der Waals surface area contributed by atoms with Gasteiger partial charge in [0.15, 0.2) is 0 Å². The molecule has 0 bridgehead atoms. The summed E-state index contributed by atoms with van der Waals surface area (Å²) in [5, 5.41) is 5.81. The molecule has 4 heteroatoms. The maximum absolute atomic E-state index is 11.5. The Kier molecular flexibility index (Phi) is 4.37. The van der Waals surface area contributed by atoms with Crippen LogP contribution in [0.1, 0.15) is 19.6 Å². The number of likely N-dealkylation sites (N-methyl/N-ethyl adjacent to an activating group) is 1. The SMILES string of the molecule is CNC(=O)C(NCc1ccco1)C(C)C. The average Bonchev–Trinajstić information content (AvgIpc) is 2.70. The Balaban J connectivity index is 2.49. The van der Waals surface area contributed by atoms with Gasteiger partial charge in [-0.05, 0) is 18.1 Å². The summed E-state index contributed by atoms with van der Waals surface area (Å²) >= 11 is 0. The molecule has 1 rings (SSSR count). The summed E-state index contributed by atoms with van der Waals surface area (Å²) in [6, 6.07) is 3.54. The third kappa shape index (κ3) is 3.40. The van der Waals surface area contributed by atoms with Crippen LogP contribution in [0.3, 0.4) is 0 Å². The van der Waals surface area contributed by atoms with Crippen molar-refractivity contribution >= 4 is 5.91 Å². The monoisotopic (exact) mass is 210 g/mol. The first-order valence-corrected chi connectivity index (χ1v) is 5.12. The summed E-state index contributed by atoms with van der Waals surface area (Å²) in [5.41, 5.74) is 0. The Morgan fingerprint density at radius 3 is 2.73 bits per heavy atom. The molecule has 15 heavy (non-hydrogen) atoms. The molecular weight excluding hydrogens is 192 g/mol. The molecule has 1 amide bonds. The molecule has 0 aliphatic carbocycles. The number of amides is 1. The first kappa shape index (κ1) is 11.8. The van der Waals surface area contributed by atoms with E-state index in [0.29, 0.717) is 6.54 Å². The second kappa shape index (κ2) is 5.56. The van der Waals surface area contributed by atoms with Crippen LogP contribution in [0.5, 0.6) is 0 Å². The van der Waals surface area contributed by atoms with Gasteiger partial charge < -0.3 is 9.73 Å². The summed E-state index contributed by atoms with van der Waals surface area (Å²) in [6.45, 7) is 4.59. The van der Waals surface area contributed by atoms with Crippen molar-refractivity contribution in [2.75, 3.05) is 7.05 Å². The van der Waals surface area contributed by atoms with Gasteiger partial charge in [-0.3, -0.25) is 10.1 Å². The molecule has 0 fully saturated rings. The maximum Gasteiger partial charge on any atom is 0.237 e. The van der Waals surface area contributed by atoms with Crippen molar-refractivity contribution in [2.45, 2.75) is 26.4 Å². The molecule has 4 nitrogen and oxygen atoms in total. The maximum atomic E-state index is 11.5. The van der Waals surface area contributed by atoms with Gasteiger partial charge >= 0.3 is 0 Å². The molecule has 0 saturated carbocycles. The fourth-order valence-corrected chi connectivity index (χ4v) is 1.41. The third-order valence-corrected chi connectivity index (χ3v) is 2.27. The van der Waals surface area contributed by atoms with Crippen LogP contribution in [-0.4, -0.2) is 19.0 Å². The van der Waals surface area contributed by atoms with Gasteiger partial charge in [0.2, 0.25) is 5.91 Å². The van der Waals surface area contributed by atoms with Gasteiger partial charge in [-0.15, -0.1) is 0 Å². The van der Waals surface area contributed by atoms with Gasteiger partial charge in [-0.1, -0.05) is 13.8 Å². The second-order valence-corrected chi connectivity index (χ2v) is 3.80. The molecule has 0 aromatic carbocycles. The zero-order chi connectivity index (χ0) is 11.3. The van der Waals surface area contributed by atoms with E-state index in [4.69, 9.17) is 4.42 Å². The van der Waals surface area contributed by atoms with E-state index in [9.17, 15) is 4.79 Å². The minimum Gasteiger partial charge on any atom is -0.468 e. The molecule has 1 unspecified atom stereocenters. The Bertz CT molecular complexity index is 294. The highest BCUT2D eigenvalue weighted by atomic mass is 16.3. The quantitative estimate of drug-likeness (QED) is 0.766. The molecule has 0 saturated heterocycles. The molecular formula is C11H18N2O2.